The van der Waals surface area contributed by atoms with Crippen molar-refractivity contribution in [3.63, 3.8) is 0 Å². The molecule has 5 heteroatoms. The number of aromatic nitrogens is 1. The van der Waals surface area contributed by atoms with Crippen molar-refractivity contribution >= 4 is 11.5 Å². The molecule has 1 aromatic heterocycles. The highest BCUT2D eigenvalue weighted by molar-refractivity contribution is 5.56. The molecule has 98 valence electrons. The van der Waals surface area contributed by atoms with Gasteiger partial charge in [-0.3, -0.25) is 0 Å². The van der Waals surface area contributed by atoms with E-state index in [1.807, 2.05) is 0 Å². The van der Waals surface area contributed by atoms with Crippen molar-refractivity contribution in [2.24, 2.45) is 5.41 Å². The molecule has 1 aliphatic carbocycles. The fraction of sp³-hybridized carbons (Fsp3) is 0.615. The summed E-state index contributed by atoms with van der Waals surface area (Å²) < 4.78 is 0. The van der Waals surface area contributed by atoms with Crippen LogP contribution < -0.4 is 5.32 Å². The van der Waals surface area contributed by atoms with E-state index in [1.165, 1.54) is 38.3 Å². The fourth-order valence-electron chi connectivity index (χ4n) is 2.57. The summed E-state index contributed by atoms with van der Waals surface area (Å²) in [6, 6.07) is 3.44. The maximum atomic E-state index is 10.9. The first-order valence-electron chi connectivity index (χ1n) is 6.44. The minimum absolute atomic E-state index is 0.0862. The standard InChI is InChI=1S/C13H19N3O2/c1-13(7-3-2-4-8-13)10-15-11-6-5-9-14-12(11)16(17)18/h5-6,9,15H,2-4,7-8,10H2,1H3. The smallest absolute Gasteiger partial charge is 0.378 e. The van der Waals surface area contributed by atoms with Crippen molar-refractivity contribution in [1.29, 1.82) is 0 Å². The van der Waals surface area contributed by atoms with Crippen LogP contribution in [0.3, 0.4) is 0 Å². The number of hydrogen-bond acceptors (Lipinski definition) is 4. The highest BCUT2D eigenvalue weighted by atomic mass is 16.6. The second kappa shape index (κ2) is 5.33. The number of nitrogens with zero attached hydrogens (tertiary/aromatic N) is 2. The van der Waals surface area contributed by atoms with E-state index in [0.717, 1.165) is 6.54 Å². The predicted molar refractivity (Wildman–Crippen MR) is 70.6 cm³/mol. The molecule has 1 heterocycles. The van der Waals surface area contributed by atoms with Crippen LogP contribution in [-0.2, 0) is 0 Å². The lowest BCUT2D eigenvalue weighted by atomic mass is 9.76. The second-order valence-corrected chi connectivity index (χ2v) is 5.36. The molecule has 1 aliphatic rings. The molecule has 0 amide bonds. The molecule has 0 atom stereocenters. The minimum atomic E-state index is -0.439. The van der Waals surface area contributed by atoms with Gasteiger partial charge < -0.3 is 15.4 Å². The molecule has 2 rings (SSSR count). The summed E-state index contributed by atoms with van der Waals surface area (Å²) >= 11 is 0. The Morgan fingerprint density at radius 3 is 2.83 bits per heavy atom. The first-order valence-corrected chi connectivity index (χ1v) is 6.44. The van der Waals surface area contributed by atoms with Crippen LogP contribution in [0.25, 0.3) is 0 Å². The van der Waals surface area contributed by atoms with E-state index in [4.69, 9.17) is 0 Å². The van der Waals surface area contributed by atoms with Crippen LogP contribution >= 0.6 is 0 Å². The quantitative estimate of drug-likeness (QED) is 0.656. The summed E-state index contributed by atoms with van der Waals surface area (Å²) in [7, 11) is 0. The van der Waals surface area contributed by atoms with Gasteiger partial charge in [-0.25, -0.2) is 0 Å². The van der Waals surface area contributed by atoms with Gasteiger partial charge >= 0.3 is 5.82 Å². The minimum Gasteiger partial charge on any atom is -0.378 e. The summed E-state index contributed by atoms with van der Waals surface area (Å²) in [6.45, 7) is 3.03. The zero-order valence-electron chi connectivity index (χ0n) is 10.7. The molecule has 5 nitrogen and oxygen atoms in total. The Hall–Kier alpha value is -1.65. The Bertz CT molecular complexity index is 428. The van der Waals surface area contributed by atoms with Gasteiger partial charge in [0.1, 0.15) is 11.9 Å². The van der Waals surface area contributed by atoms with Gasteiger partial charge in [-0.05, 0) is 40.3 Å². The van der Waals surface area contributed by atoms with E-state index in [-0.39, 0.29) is 11.2 Å². The summed E-state index contributed by atoms with van der Waals surface area (Å²) in [5, 5.41) is 14.1. The molecule has 1 fully saturated rings. The molecule has 0 unspecified atom stereocenters. The monoisotopic (exact) mass is 249 g/mol. The van der Waals surface area contributed by atoms with Crippen molar-refractivity contribution in [2.75, 3.05) is 11.9 Å². The average Bonchev–Trinajstić information content (AvgIpc) is 2.38. The Kier molecular flexibility index (Phi) is 3.79. The van der Waals surface area contributed by atoms with Crippen molar-refractivity contribution < 1.29 is 4.92 Å². The highest BCUT2D eigenvalue weighted by Gasteiger charge is 2.27. The summed E-state index contributed by atoms with van der Waals surface area (Å²) in [5.41, 5.74) is 0.774. The van der Waals surface area contributed by atoms with E-state index in [9.17, 15) is 10.1 Å². The first-order chi connectivity index (χ1) is 8.61. The number of rotatable bonds is 4. The molecule has 0 saturated heterocycles. The molecule has 1 N–H and O–H groups in total. The predicted octanol–water partition coefficient (Wildman–Crippen LogP) is 3.37. The van der Waals surface area contributed by atoms with Crippen molar-refractivity contribution in [3.8, 4) is 0 Å². The van der Waals surface area contributed by atoms with Gasteiger partial charge in [0.05, 0.1) is 0 Å². The number of pyridine rings is 1. The molecular formula is C13H19N3O2. The lowest BCUT2D eigenvalue weighted by Crippen LogP contribution is -2.29. The van der Waals surface area contributed by atoms with Crippen LogP contribution in [0.2, 0.25) is 0 Å². The fourth-order valence-corrected chi connectivity index (χ4v) is 2.57. The second-order valence-electron chi connectivity index (χ2n) is 5.36. The largest absolute Gasteiger partial charge is 0.386 e. The third-order valence-electron chi connectivity index (χ3n) is 3.73. The van der Waals surface area contributed by atoms with E-state index in [2.05, 4.69) is 17.2 Å². The molecule has 18 heavy (non-hydrogen) atoms. The molecule has 0 aliphatic heterocycles. The van der Waals surface area contributed by atoms with Crippen LogP contribution in [0.4, 0.5) is 11.5 Å². The molecule has 0 bridgehead atoms. The van der Waals surface area contributed by atoms with Crippen LogP contribution in [-0.4, -0.2) is 16.5 Å². The van der Waals surface area contributed by atoms with Gasteiger partial charge in [-0.1, -0.05) is 26.2 Å². The zero-order valence-corrected chi connectivity index (χ0v) is 10.7. The summed E-state index contributed by atoms with van der Waals surface area (Å²) in [5.74, 6) is -0.0862. The van der Waals surface area contributed by atoms with E-state index >= 15 is 0 Å². The number of anilines is 1. The normalized spacial score (nSPS) is 18.3. The van der Waals surface area contributed by atoms with Gasteiger partial charge in [0, 0.05) is 6.54 Å². The lowest BCUT2D eigenvalue weighted by Gasteiger charge is -2.33. The van der Waals surface area contributed by atoms with Gasteiger partial charge in [-0.15, -0.1) is 0 Å². The Balaban J connectivity index is 2.03. The molecule has 0 radical (unpaired) electrons. The topological polar surface area (TPSA) is 68.1 Å². The number of nitro groups is 1. The Morgan fingerprint density at radius 1 is 1.44 bits per heavy atom. The zero-order chi connectivity index (χ0) is 13.0. The van der Waals surface area contributed by atoms with Gasteiger partial charge in [-0.2, -0.15) is 0 Å². The maximum absolute atomic E-state index is 10.9. The molecule has 0 spiro atoms. The molecular weight excluding hydrogens is 230 g/mol. The van der Waals surface area contributed by atoms with E-state index in [1.54, 1.807) is 12.1 Å². The third-order valence-corrected chi connectivity index (χ3v) is 3.73. The van der Waals surface area contributed by atoms with Crippen LogP contribution in [0.5, 0.6) is 0 Å². The number of nitrogens with one attached hydrogen (secondary N) is 1. The first kappa shape index (κ1) is 12.8. The third kappa shape index (κ3) is 2.97. The molecule has 0 aromatic carbocycles. The average molecular weight is 249 g/mol. The highest BCUT2D eigenvalue weighted by Crippen LogP contribution is 2.36. The Labute approximate surface area is 107 Å². The van der Waals surface area contributed by atoms with Gasteiger partial charge in [0.25, 0.3) is 0 Å². The molecule has 1 saturated carbocycles. The summed E-state index contributed by atoms with van der Waals surface area (Å²) in [6.07, 6.45) is 7.65. The van der Waals surface area contributed by atoms with Gasteiger partial charge in [0.2, 0.25) is 0 Å². The van der Waals surface area contributed by atoms with Crippen LogP contribution in [0.15, 0.2) is 18.3 Å². The van der Waals surface area contributed by atoms with Crippen LogP contribution in [0, 0.1) is 15.5 Å². The van der Waals surface area contributed by atoms with Crippen molar-refractivity contribution in [1.82, 2.24) is 4.98 Å². The van der Waals surface area contributed by atoms with E-state index in [0.29, 0.717) is 5.69 Å². The summed E-state index contributed by atoms with van der Waals surface area (Å²) in [4.78, 5) is 14.2. The van der Waals surface area contributed by atoms with Crippen LogP contribution in [0.1, 0.15) is 39.0 Å². The van der Waals surface area contributed by atoms with Crippen molar-refractivity contribution in [3.05, 3.63) is 28.4 Å². The maximum Gasteiger partial charge on any atom is 0.386 e. The SMILES string of the molecule is CC1(CNc2cccnc2[N+](=O)[O-])CCCCC1. The van der Waals surface area contributed by atoms with Gasteiger partial charge in [0.15, 0.2) is 0 Å². The lowest BCUT2D eigenvalue weighted by molar-refractivity contribution is -0.388. The van der Waals surface area contributed by atoms with E-state index < -0.39 is 4.92 Å². The number of hydrogen-bond donors (Lipinski definition) is 1. The molecule has 1 aromatic rings. The van der Waals surface area contributed by atoms with Crippen molar-refractivity contribution in [2.45, 2.75) is 39.0 Å². The Morgan fingerprint density at radius 2 is 2.17 bits per heavy atom.